The Bertz CT molecular complexity index is 640. The Morgan fingerprint density at radius 2 is 2.35 bits per heavy atom. The number of nitrogens with one attached hydrogen (secondary N) is 1. The zero-order chi connectivity index (χ0) is 14.4. The standard InChI is InChI=1S/C13H14N6O/c1-19(8-11-16-9-17-18-11)13(20)12-10(4-2-6-14)5-3-7-15-12/h3,5,7,9H,6,8,14H2,1H3,(H,16,17,18). The zero-order valence-corrected chi connectivity index (χ0v) is 11.0. The van der Waals surface area contributed by atoms with E-state index >= 15 is 0 Å². The third-order valence-corrected chi connectivity index (χ3v) is 2.53. The second-order valence-electron chi connectivity index (χ2n) is 4.00. The number of carbonyl (C=O) groups is 1. The van der Waals surface area contributed by atoms with Gasteiger partial charge in [-0.2, -0.15) is 5.10 Å². The number of amides is 1. The number of H-pyrrole nitrogens is 1. The average molecular weight is 270 g/mol. The lowest BCUT2D eigenvalue weighted by molar-refractivity contribution is 0.0775. The van der Waals surface area contributed by atoms with Crippen LogP contribution in [0.1, 0.15) is 21.9 Å². The summed E-state index contributed by atoms with van der Waals surface area (Å²) < 4.78 is 0. The van der Waals surface area contributed by atoms with Crippen LogP contribution in [0.3, 0.4) is 0 Å². The normalized spacial score (nSPS) is 9.70. The van der Waals surface area contributed by atoms with E-state index in [4.69, 9.17) is 5.73 Å². The summed E-state index contributed by atoms with van der Waals surface area (Å²) in [6, 6.07) is 3.47. The number of nitrogens with zero attached hydrogens (tertiary/aromatic N) is 4. The van der Waals surface area contributed by atoms with Gasteiger partial charge in [0.2, 0.25) is 0 Å². The Morgan fingerprint density at radius 1 is 1.50 bits per heavy atom. The van der Waals surface area contributed by atoms with E-state index in [1.165, 1.54) is 11.2 Å². The van der Waals surface area contributed by atoms with Gasteiger partial charge in [-0.15, -0.1) is 0 Å². The molecule has 0 aliphatic rings. The average Bonchev–Trinajstić information content (AvgIpc) is 2.97. The molecule has 0 atom stereocenters. The van der Waals surface area contributed by atoms with Crippen LogP contribution in [-0.2, 0) is 6.54 Å². The predicted molar refractivity (Wildman–Crippen MR) is 72.3 cm³/mol. The van der Waals surface area contributed by atoms with Crippen LogP contribution < -0.4 is 5.73 Å². The third kappa shape index (κ3) is 3.18. The van der Waals surface area contributed by atoms with Gasteiger partial charge in [0.05, 0.1) is 18.7 Å². The minimum absolute atomic E-state index is 0.233. The lowest BCUT2D eigenvalue weighted by atomic mass is 10.2. The first kappa shape index (κ1) is 13.7. The van der Waals surface area contributed by atoms with Gasteiger partial charge < -0.3 is 10.6 Å². The molecule has 3 N–H and O–H groups in total. The molecule has 20 heavy (non-hydrogen) atoms. The van der Waals surface area contributed by atoms with Crippen molar-refractivity contribution in [2.75, 3.05) is 13.6 Å². The van der Waals surface area contributed by atoms with Gasteiger partial charge in [0, 0.05) is 13.2 Å². The molecular formula is C13H14N6O. The number of rotatable bonds is 3. The largest absolute Gasteiger partial charge is 0.333 e. The molecule has 1 amide bonds. The van der Waals surface area contributed by atoms with Crippen molar-refractivity contribution < 1.29 is 4.79 Å². The first-order valence-corrected chi connectivity index (χ1v) is 5.96. The van der Waals surface area contributed by atoms with E-state index in [1.54, 1.807) is 25.4 Å². The molecule has 2 aromatic rings. The fourth-order valence-corrected chi connectivity index (χ4v) is 1.61. The first-order valence-electron chi connectivity index (χ1n) is 5.96. The highest BCUT2D eigenvalue weighted by molar-refractivity contribution is 5.94. The number of aromatic amines is 1. The lowest BCUT2D eigenvalue weighted by Crippen LogP contribution is -2.28. The van der Waals surface area contributed by atoms with Crippen molar-refractivity contribution in [3.8, 4) is 11.8 Å². The summed E-state index contributed by atoms with van der Waals surface area (Å²) in [5, 5.41) is 6.44. The topological polar surface area (TPSA) is 101 Å². The molecule has 0 spiro atoms. The molecule has 0 bridgehead atoms. The van der Waals surface area contributed by atoms with Crippen LogP contribution >= 0.6 is 0 Å². The Balaban J connectivity index is 2.20. The summed E-state index contributed by atoms with van der Waals surface area (Å²) in [7, 11) is 1.67. The van der Waals surface area contributed by atoms with Gasteiger partial charge in [0.25, 0.3) is 5.91 Å². The first-order chi connectivity index (χ1) is 9.72. The van der Waals surface area contributed by atoms with Crippen molar-refractivity contribution in [2.24, 2.45) is 5.73 Å². The molecule has 2 heterocycles. The zero-order valence-electron chi connectivity index (χ0n) is 11.0. The molecule has 0 aliphatic heterocycles. The molecule has 0 aliphatic carbocycles. The molecule has 0 radical (unpaired) electrons. The van der Waals surface area contributed by atoms with Crippen LogP contribution in [0.4, 0.5) is 0 Å². The highest BCUT2D eigenvalue weighted by Gasteiger charge is 2.17. The minimum Gasteiger partial charge on any atom is -0.333 e. The lowest BCUT2D eigenvalue weighted by Gasteiger charge is -2.15. The maximum absolute atomic E-state index is 12.4. The fraction of sp³-hybridized carbons (Fsp3) is 0.231. The maximum Gasteiger partial charge on any atom is 0.273 e. The molecule has 0 unspecified atom stereocenters. The molecule has 0 saturated heterocycles. The van der Waals surface area contributed by atoms with Crippen molar-refractivity contribution in [2.45, 2.75) is 6.54 Å². The Labute approximate surface area is 116 Å². The van der Waals surface area contributed by atoms with Gasteiger partial charge in [0.15, 0.2) is 0 Å². The summed E-state index contributed by atoms with van der Waals surface area (Å²) in [4.78, 5) is 21.9. The Kier molecular flexibility index (Phi) is 4.42. The summed E-state index contributed by atoms with van der Waals surface area (Å²) in [6.45, 7) is 0.551. The number of nitrogens with two attached hydrogens (primary N) is 1. The van der Waals surface area contributed by atoms with Crippen molar-refractivity contribution >= 4 is 5.91 Å². The smallest absolute Gasteiger partial charge is 0.273 e. The molecule has 7 nitrogen and oxygen atoms in total. The van der Waals surface area contributed by atoms with Crippen molar-refractivity contribution in [1.82, 2.24) is 25.1 Å². The van der Waals surface area contributed by atoms with Gasteiger partial charge in [-0.1, -0.05) is 11.8 Å². The van der Waals surface area contributed by atoms with Crippen molar-refractivity contribution in [3.05, 3.63) is 41.7 Å². The molecule has 102 valence electrons. The molecular weight excluding hydrogens is 256 g/mol. The monoisotopic (exact) mass is 270 g/mol. The van der Waals surface area contributed by atoms with Gasteiger partial charge >= 0.3 is 0 Å². The summed E-state index contributed by atoms with van der Waals surface area (Å²) in [5.74, 6) is 5.94. The van der Waals surface area contributed by atoms with Crippen molar-refractivity contribution in [3.63, 3.8) is 0 Å². The number of aromatic nitrogens is 4. The number of hydrogen-bond acceptors (Lipinski definition) is 5. The van der Waals surface area contributed by atoms with E-state index < -0.39 is 0 Å². The van der Waals surface area contributed by atoms with E-state index in [1.807, 2.05) is 0 Å². The summed E-state index contributed by atoms with van der Waals surface area (Å²) >= 11 is 0. The highest BCUT2D eigenvalue weighted by atomic mass is 16.2. The van der Waals surface area contributed by atoms with Gasteiger partial charge in [0.1, 0.15) is 17.8 Å². The van der Waals surface area contributed by atoms with E-state index in [0.717, 1.165) is 0 Å². The SMILES string of the molecule is CN(Cc1ncn[nH]1)C(=O)c1ncccc1C#CCN. The van der Waals surface area contributed by atoms with Crippen LogP contribution in [0.5, 0.6) is 0 Å². The third-order valence-electron chi connectivity index (χ3n) is 2.53. The van der Waals surface area contributed by atoms with Crippen LogP contribution in [0.15, 0.2) is 24.7 Å². The molecule has 7 heteroatoms. The second kappa shape index (κ2) is 6.45. The summed E-state index contributed by atoms with van der Waals surface area (Å²) in [5.41, 5.74) is 6.21. The van der Waals surface area contributed by atoms with Crippen molar-refractivity contribution in [1.29, 1.82) is 0 Å². The molecule has 0 saturated carbocycles. The van der Waals surface area contributed by atoms with E-state index in [2.05, 4.69) is 32.0 Å². The van der Waals surface area contributed by atoms with Crippen LogP contribution in [-0.4, -0.2) is 44.6 Å². The Hall–Kier alpha value is -2.72. The van der Waals surface area contributed by atoms with Crippen LogP contribution in [0.2, 0.25) is 0 Å². The van der Waals surface area contributed by atoms with E-state index in [0.29, 0.717) is 23.6 Å². The highest BCUT2D eigenvalue weighted by Crippen LogP contribution is 2.08. The molecule has 0 fully saturated rings. The number of hydrogen-bond donors (Lipinski definition) is 2. The van der Waals surface area contributed by atoms with Gasteiger partial charge in [-0.3, -0.25) is 9.89 Å². The molecule has 2 rings (SSSR count). The van der Waals surface area contributed by atoms with Gasteiger partial charge in [-0.25, -0.2) is 9.97 Å². The Morgan fingerprint density at radius 3 is 3.05 bits per heavy atom. The van der Waals surface area contributed by atoms with E-state index in [9.17, 15) is 4.79 Å². The predicted octanol–water partition coefficient (Wildman–Crippen LogP) is -0.218. The molecule has 0 aromatic carbocycles. The minimum atomic E-state index is -0.233. The number of pyridine rings is 1. The number of carbonyl (C=O) groups excluding carboxylic acids is 1. The second-order valence-corrected chi connectivity index (χ2v) is 4.00. The van der Waals surface area contributed by atoms with Crippen LogP contribution in [0.25, 0.3) is 0 Å². The quantitative estimate of drug-likeness (QED) is 0.751. The maximum atomic E-state index is 12.4. The van der Waals surface area contributed by atoms with E-state index in [-0.39, 0.29) is 12.5 Å². The van der Waals surface area contributed by atoms with Crippen LogP contribution in [0, 0.1) is 11.8 Å². The summed E-state index contributed by atoms with van der Waals surface area (Å²) in [6.07, 6.45) is 2.95. The van der Waals surface area contributed by atoms with Gasteiger partial charge in [-0.05, 0) is 12.1 Å². The fourth-order valence-electron chi connectivity index (χ4n) is 1.61. The molecule has 2 aromatic heterocycles.